The van der Waals surface area contributed by atoms with Crippen molar-refractivity contribution in [2.75, 3.05) is 5.32 Å². The number of aryl methyl sites for hydroxylation is 1. The van der Waals surface area contributed by atoms with E-state index in [4.69, 9.17) is 4.99 Å². The Morgan fingerprint density at radius 2 is 1.55 bits per heavy atom. The maximum absolute atomic E-state index is 13.4. The molecule has 1 aliphatic carbocycles. The lowest BCUT2D eigenvalue weighted by atomic mass is 9.72. The molecule has 3 unspecified atom stereocenters. The number of rotatable bonds is 2. The lowest BCUT2D eigenvalue weighted by Gasteiger charge is -2.34. The molecular formula is C26H24N2O. The van der Waals surface area contributed by atoms with E-state index in [0.717, 1.165) is 29.1 Å². The van der Waals surface area contributed by atoms with Crippen LogP contribution >= 0.6 is 0 Å². The molecule has 1 saturated carbocycles. The normalized spacial score (nSPS) is 23.3. The first-order valence-corrected chi connectivity index (χ1v) is 10.3. The Kier molecular flexibility index (Phi) is 4.51. The van der Waals surface area contributed by atoms with Gasteiger partial charge < -0.3 is 5.32 Å². The van der Waals surface area contributed by atoms with Gasteiger partial charge in [-0.15, -0.1) is 0 Å². The lowest BCUT2D eigenvalue weighted by molar-refractivity contribution is -0.122. The molecule has 1 aliphatic heterocycles. The number of carbonyl (C=O) groups excluding carboxylic acids is 1. The van der Waals surface area contributed by atoms with Gasteiger partial charge in [-0.1, -0.05) is 72.3 Å². The zero-order valence-corrected chi connectivity index (χ0v) is 16.5. The molecular weight excluding hydrogens is 356 g/mol. The van der Waals surface area contributed by atoms with Gasteiger partial charge in [0.1, 0.15) is 5.78 Å². The fraction of sp³-hybridized carbons (Fsp3) is 0.231. The van der Waals surface area contributed by atoms with Gasteiger partial charge in [-0.05, 0) is 42.5 Å². The van der Waals surface area contributed by atoms with Crippen molar-refractivity contribution >= 4 is 22.9 Å². The van der Waals surface area contributed by atoms with Crippen LogP contribution in [0.5, 0.6) is 0 Å². The highest BCUT2D eigenvalue weighted by atomic mass is 16.1. The smallest absolute Gasteiger partial charge is 0.144 e. The van der Waals surface area contributed by atoms with Crippen molar-refractivity contribution in [1.29, 1.82) is 0 Å². The zero-order valence-electron chi connectivity index (χ0n) is 16.5. The number of para-hydroxylation sites is 2. The largest absolute Gasteiger partial charge is 0.375 e. The fourth-order valence-corrected chi connectivity index (χ4v) is 4.61. The van der Waals surface area contributed by atoms with Crippen molar-refractivity contribution in [2.45, 2.75) is 31.7 Å². The number of benzene rings is 3. The molecule has 1 heterocycles. The standard InChI is InChI=1S/C26H24N2O/c1-17-11-13-18(14-12-17)20-15-23-25(24(29)16-20)26(19-7-3-2-4-8-19)28-22-10-6-5-9-21(22)27-23/h2-14,20,25-26,28H,15-16H2,1H3. The molecule has 0 aromatic heterocycles. The predicted octanol–water partition coefficient (Wildman–Crippen LogP) is 6.00. The van der Waals surface area contributed by atoms with Crippen LogP contribution in [0.1, 0.15) is 41.5 Å². The topological polar surface area (TPSA) is 41.5 Å². The van der Waals surface area contributed by atoms with Gasteiger partial charge in [-0.25, -0.2) is 0 Å². The van der Waals surface area contributed by atoms with E-state index in [-0.39, 0.29) is 23.7 Å². The van der Waals surface area contributed by atoms with Crippen molar-refractivity contribution < 1.29 is 4.79 Å². The first kappa shape index (κ1) is 17.9. The second-order valence-corrected chi connectivity index (χ2v) is 8.11. The number of ketones is 1. The molecule has 3 nitrogen and oxygen atoms in total. The van der Waals surface area contributed by atoms with E-state index in [1.165, 1.54) is 11.1 Å². The van der Waals surface area contributed by atoms with Gasteiger partial charge in [0.15, 0.2) is 0 Å². The van der Waals surface area contributed by atoms with E-state index < -0.39 is 0 Å². The van der Waals surface area contributed by atoms with Crippen LogP contribution in [0.3, 0.4) is 0 Å². The SMILES string of the molecule is Cc1ccc(C2CC(=O)C3C(=Nc4ccccc4NC3c3ccccc3)C2)cc1. The molecule has 144 valence electrons. The minimum absolute atomic E-state index is 0.0925. The number of anilines is 1. The number of carbonyl (C=O) groups is 1. The van der Waals surface area contributed by atoms with E-state index in [1.54, 1.807) is 0 Å². The summed E-state index contributed by atoms with van der Waals surface area (Å²) >= 11 is 0. The quantitative estimate of drug-likeness (QED) is 0.593. The van der Waals surface area contributed by atoms with Crippen molar-refractivity contribution in [3.05, 3.63) is 95.6 Å². The van der Waals surface area contributed by atoms with Gasteiger partial charge in [-0.2, -0.15) is 0 Å². The highest BCUT2D eigenvalue weighted by Gasteiger charge is 2.41. The minimum atomic E-state index is -0.230. The summed E-state index contributed by atoms with van der Waals surface area (Å²) in [5.41, 5.74) is 6.50. The average Bonchev–Trinajstić information content (AvgIpc) is 2.92. The summed E-state index contributed by atoms with van der Waals surface area (Å²) < 4.78 is 0. The van der Waals surface area contributed by atoms with E-state index in [1.807, 2.05) is 36.4 Å². The van der Waals surface area contributed by atoms with Crippen molar-refractivity contribution in [1.82, 2.24) is 0 Å². The third kappa shape index (κ3) is 3.38. The molecule has 3 aromatic rings. The Labute approximate surface area is 171 Å². The number of Topliss-reactive ketones (excluding diaryl/α,β-unsaturated/α-hetero) is 1. The molecule has 1 N–H and O–H groups in total. The van der Waals surface area contributed by atoms with Gasteiger partial charge in [0.25, 0.3) is 0 Å². The Bertz CT molecular complexity index is 1070. The summed E-state index contributed by atoms with van der Waals surface area (Å²) in [7, 11) is 0. The van der Waals surface area contributed by atoms with Crippen molar-refractivity contribution in [3.8, 4) is 0 Å². The monoisotopic (exact) mass is 380 g/mol. The number of hydrogen-bond donors (Lipinski definition) is 1. The second kappa shape index (κ2) is 7.32. The Morgan fingerprint density at radius 1 is 0.828 bits per heavy atom. The molecule has 0 radical (unpaired) electrons. The summed E-state index contributed by atoms with van der Waals surface area (Å²) in [5, 5.41) is 3.63. The molecule has 0 amide bonds. The van der Waals surface area contributed by atoms with Crippen molar-refractivity contribution in [2.24, 2.45) is 10.9 Å². The number of hydrogen-bond acceptors (Lipinski definition) is 3. The van der Waals surface area contributed by atoms with Gasteiger partial charge in [0, 0.05) is 12.1 Å². The first-order valence-electron chi connectivity index (χ1n) is 10.3. The predicted molar refractivity (Wildman–Crippen MR) is 118 cm³/mol. The molecule has 0 bridgehead atoms. The van der Waals surface area contributed by atoms with Crippen LogP contribution in [0, 0.1) is 12.8 Å². The number of nitrogens with zero attached hydrogens (tertiary/aromatic N) is 1. The van der Waals surface area contributed by atoms with Crippen LogP contribution in [-0.2, 0) is 4.79 Å². The lowest BCUT2D eigenvalue weighted by Crippen LogP contribution is -2.38. The third-order valence-electron chi connectivity index (χ3n) is 6.13. The molecule has 5 rings (SSSR count). The van der Waals surface area contributed by atoms with E-state index in [2.05, 4.69) is 54.7 Å². The molecule has 0 saturated heterocycles. The summed E-state index contributed by atoms with van der Waals surface area (Å²) in [5.74, 6) is 0.237. The molecule has 1 fully saturated rings. The highest BCUT2D eigenvalue weighted by Crippen LogP contribution is 2.43. The molecule has 3 atom stereocenters. The number of aliphatic imine (C=N–C) groups is 1. The average molecular weight is 380 g/mol. The van der Waals surface area contributed by atoms with E-state index >= 15 is 0 Å². The van der Waals surface area contributed by atoms with Gasteiger partial charge in [0.05, 0.1) is 23.3 Å². The van der Waals surface area contributed by atoms with Crippen LogP contribution in [0.25, 0.3) is 0 Å². The Hall–Kier alpha value is -3.20. The van der Waals surface area contributed by atoms with Gasteiger partial charge in [0.2, 0.25) is 0 Å². The summed E-state index contributed by atoms with van der Waals surface area (Å²) in [4.78, 5) is 18.5. The maximum Gasteiger partial charge on any atom is 0.144 e. The first-order chi connectivity index (χ1) is 14.2. The van der Waals surface area contributed by atoms with Crippen LogP contribution in [0.4, 0.5) is 11.4 Å². The number of nitrogens with one attached hydrogen (secondary N) is 1. The van der Waals surface area contributed by atoms with E-state index in [9.17, 15) is 4.79 Å². The third-order valence-corrected chi connectivity index (χ3v) is 6.13. The van der Waals surface area contributed by atoms with Crippen LogP contribution in [-0.4, -0.2) is 11.5 Å². The highest BCUT2D eigenvalue weighted by molar-refractivity contribution is 6.10. The van der Waals surface area contributed by atoms with Gasteiger partial charge >= 0.3 is 0 Å². The Morgan fingerprint density at radius 3 is 2.34 bits per heavy atom. The van der Waals surface area contributed by atoms with Gasteiger partial charge in [-0.3, -0.25) is 9.79 Å². The van der Waals surface area contributed by atoms with Crippen LogP contribution in [0.2, 0.25) is 0 Å². The molecule has 0 spiro atoms. The molecule has 29 heavy (non-hydrogen) atoms. The van der Waals surface area contributed by atoms with Crippen molar-refractivity contribution in [3.63, 3.8) is 0 Å². The van der Waals surface area contributed by atoms with Crippen LogP contribution < -0.4 is 5.32 Å². The molecule has 3 heteroatoms. The molecule has 2 aliphatic rings. The zero-order chi connectivity index (χ0) is 19.8. The summed E-state index contributed by atoms with van der Waals surface area (Å²) in [6, 6.07) is 26.9. The fourth-order valence-electron chi connectivity index (χ4n) is 4.61. The summed E-state index contributed by atoms with van der Waals surface area (Å²) in [6.45, 7) is 2.09. The summed E-state index contributed by atoms with van der Waals surface area (Å²) in [6.07, 6.45) is 1.38. The maximum atomic E-state index is 13.4. The second-order valence-electron chi connectivity index (χ2n) is 8.11. The minimum Gasteiger partial charge on any atom is -0.375 e. The Balaban J connectivity index is 1.58. The molecule has 3 aromatic carbocycles. The van der Waals surface area contributed by atoms with Crippen LogP contribution in [0.15, 0.2) is 83.9 Å². The number of fused-ring (bicyclic) bond motifs is 2. The van der Waals surface area contributed by atoms with E-state index in [0.29, 0.717) is 6.42 Å².